The SMILES string of the molecule is CC(C)Oc1cccc(NC(=O)C(C)N(c2cccc(C(F)(F)F)c2)S(C)(=O)=O)c1. The summed E-state index contributed by atoms with van der Waals surface area (Å²) >= 11 is 0. The van der Waals surface area contributed by atoms with Crippen LogP contribution in [0.2, 0.25) is 0 Å². The first-order valence-electron chi connectivity index (χ1n) is 9.03. The number of alkyl halides is 3. The van der Waals surface area contributed by atoms with Crippen molar-refractivity contribution in [3.63, 3.8) is 0 Å². The van der Waals surface area contributed by atoms with Crippen LogP contribution in [0, 0.1) is 0 Å². The van der Waals surface area contributed by atoms with Gasteiger partial charge in [0.05, 0.1) is 23.6 Å². The zero-order valence-electron chi connectivity index (χ0n) is 16.9. The van der Waals surface area contributed by atoms with Crippen molar-refractivity contribution in [2.45, 2.75) is 39.1 Å². The molecule has 0 aliphatic rings. The number of hydrogen-bond donors (Lipinski definition) is 1. The minimum Gasteiger partial charge on any atom is -0.491 e. The van der Waals surface area contributed by atoms with Gasteiger partial charge in [0.25, 0.3) is 0 Å². The van der Waals surface area contributed by atoms with Crippen LogP contribution >= 0.6 is 0 Å². The fourth-order valence-electron chi connectivity index (χ4n) is 2.79. The lowest BCUT2D eigenvalue weighted by atomic mass is 10.1. The van der Waals surface area contributed by atoms with Crippen LogP contribution in [0.25, 0.3) is 0 Å². The Bertz CT molecular complexity index is 1010. The van der Waals surface area contributed by atoms with Crippen LogP contribution in [-0.4, -0.2) is 32.7 Å². The summed E-state index contributed by atoms with van der Waals surface area (Å²) < 4.78 is 70.0. The van der Waals surface area contributed by atoms with Crippen LogP contribution in [0.1, 0.15) is 26.3 Å². The average Bonchev–Trinajstić information content (AvgIpc) is 2.60. The molecule has 2 rings (SSSR count). The van der Waals surface area contributed by atoms with Gasteiger partial charge in [-0.3, -0.25) is 9.10 Å². The van der Waals surface area contributed by atoms with Crippen molar-refractivity contribution in [1.29, 1.82) is 0 Å². The van der Waals surface area contributed by atoms with E-state index in [0.29, 0.717) is 21.8 Å². The maximum atomic E-state index is 13.0. The van der Waals surface area contributed by atoms with E-state index in [1.807, 2.05) is 13.8 Å². The summed E-state index contributed by atoms with van der Waals surface area (Å²) in [6, 6.07) is 9.02. The number of rotatable bonds is 7. The predicted molar refractivity (Wildman–Crippen MR) is 109 cm³/mol. The monoisotopic (exact) mass is 444 g/mol. The molecule has 0 spiro atoms. The Hall–Kier alpha value is -2.75. The zero-order valence-corrected chi connectivity index (χ0v) is 17.7. The molecule has 1 unspecified atom stereocenters. The second-order valence-corrected chi connectivity index (χ2v) is 8.83. The van der Waals surface area contributed by atoms with Crippen molar-refractivity contribution in [3.8, 4) is 5.75 Å². The number of amides is 1. The summed E-state index contributed by atoms with van der Waals surface area (Å²) in [6.45, 7) is 4.98. The van der Waals surface area contributed by atoms with Crippen LogP contribution < -0.4 is 14.4 Å². The van der Waals surface area contributed by atoms with Crippen LogP contribution in [0.15, 0.2) is 48.5 Å². The van der Waals surface area contributed by atoms with Crippen LogP contribution in [0.4, 0.5) is 24.5 Å². The molecule has 0 aliphatic carbocycles. The molecule has 1 amide bonds. The maximum Gasteiger partial charge on any atom is 0.416 e. The normalized spacial score (nSPS) is 13.1. The molecule has 0 radical (unpaired) electrons. The highest BCUT2D eigenvalue weighted by atomic mass is 32.2. The average molecular weight is 444 g/mol. The first-order valence-corrected chi connectivity index (χ1v) is 10.9. The topological polar surface area (TPSA) is 75.7 Å². The zero-order chi connectivity index (χ0) is 22.7. The third kappa shape index (κ3) is 6.12. The van der Waals surface area contributed by atoms with Gasteiger partial charge in [-0.1, -0.05) is 12.1 Å². The number of nitrogens with zero attached hydrogens (tertiary/aromatic N) is 1. The summed E-state index contributed by atoms with van der Waals surface area (Å²) in [5, 5.41) is 2.58. The fourth-order valence-corrected chi connectivity index (χ4v) is 3.96. The lowest BCUT2D eigenvalue weighted by Gasteiger charge is -2.28. The summed E-state index contributed by atoms with van der Waals surface area (Å²) in [5.41, 5.74) is -0.908. The molecule has 0 bridgehead atoms. The third-order valence-corrected chi connectivity index (χ3v) is 5.23. The van der Waals surface area contributed by atoms with Crippen LogP contribution in [0.3, 0.4) is 0 Å². The number of carbonyl (C=O) groups excluding carboxylic acids is 1. The Labute approximate surface area is 173 Å². The van der Waals surface area contributed by atoms with E-state index in [4.69, 9.17) is 4.74 Å². The molecule has 0 heterocycles. The van der Waals surface area contributed by atoms with Gasteiger partial charge >= 0.3 is 6.18 Å². The van der Waals surface area contributed by atoms with E-state index >= 15 is 0 Å². The minimum atomic E-state index is -4.65. The standard InChI is InChI=1S/C20H23F3N2O4S/c1-13(2)29-18-10-6-8-16(12-18)24-19(26)14(3)25(30(4,27)28)17-9-5-7-15(11-17)20(21,22)23/h5-14H,1-4H3,(H,24,26). The largest absolute Gasteiger partial charge is 0.491 e. The number of benzene rings is 2. The lowest BCUT2D eigenvalue weighted by molar-refractivity contribution is -0.137. The number of nitrogens with one attached hydrogen (secondary N) is 1. The van der Waals surface area contributed by atoms with Gasteiger partial charge in [-0.15, -0.1) is 0 Å². The molecule has 0 fully saturated rings. The van der Waals surface area contributed by atoms with Crippen LogP contribution in [-0.2, 0) is 21.0 Å². The third-order valence-electron chi connectivity index (χ3n) is 3.99. The van der Waals surface area contributed by atoms with E-state index in [-0.39, 0.29) is 11.8 Å². The van der Waals surface area contributed by atoms with Gasteiger partial charge in [0, 0.05) is 11.8 Å². The van der Waals surface area contributed by atoms with E-state index in [2.05, 4.69) is 5.32 Å². The minimum absolute atomic E-state index is 0.0866. The van der Waals surface area contributed by atoms with Gasteiger partial charge in [-0.05, 0) is 51.1 Å². The van der Waals surface area contributed by atoms with Crippen molar-refractivity contribution in [3.05, 3.63) is 54.1 Å². The molecule has 0 saturated heterocycles. The fraction of sp³-hybridized carbons (Fsp3) is 0.350. The summed E-state index contributed by atoms with van der Waals surface area (Å²) in [5.74, 6) is -0.201. The first kappa shape index (κ1) is 23.5. The highest BCUT2D eigenvalue weighted by Crippen LogP contribution is 2.33. The molecule has 0 aliphatic heterocycles. The molecular formula is C20H23F3N2O4S. The molecule has 10 heteroatoms. The van der Waals surface area contributed by atoms with E-state index in [9.17, 15) is 26.4 Å². The van der Waals surface area contributed by atoms with E-state index < -0.39 is 33.7 Å². The van der Waals surface area contributed by atoms with Gasteiger partial charge in [0.1, 0.15) is 11.8 Å². The van der Waals surface area contributed by atoms with Crippen molar-refractivity contribution in [2.75, 3.05) is 15.9 Å². The molecular weight excluding hydrogens is 421 g/mol. The van der Waals surface area contributed by atoms with Gasteiger partial charge in [-0.25, -0.2) is 8.42 Å². The summed E-state index contributed by atoms with van der Waals surface area (Å²) in [4.78, 5) is 12.7. The summed E-state index contributed by atoms with van der Waals surface area (Å²) in [7, 11) is -4.06. The van der Waals surface area contributed by atoms with Gasteiger partial charge in [0.2, 0.25) is 15.9 Å². The summed E-state index contributed by atoms with van der Waals surface area (Å²) in [6.07, 6.45) is -3.91. The number of carbonyl (C=O) groups is 1. The van der Waals surface area contributed by atoms with E-state index in [1.54, 1.807) is 24.3 Å². The Morgan fingerprint density at radius 2 is 1.70 bits per heavy atom. The molecule has 6 nitrogen and oxygen atoms in total. The number of ether oxygens (including phenoxy) is 1. The first-order chi connectivity index (χ1) is 13.8. The van der Waals surface area contributed by atoms with E-state index in [0.717, 1.165) is 18.4 Å². The molecule has 1 N–H and O–H groups in total. The smallest absolute Gasteiger partial charge is 0.416 e. The molecule has 2 aromatic rings. The van der Waals surface area contributed by atoms with Gasteiger partial charge in [-0.2, -0.15) is 13.2 Å². The molecule has 1 atom stereocenters. The number of anilines is 2. The highest BCUT2D eigenvalue weighted by Gasteiger charge is 2.34. The van der Waals surface area contributed by atoms with Crippen molar-refractivity contribution < 1.29 is 31.1 Å². The predicted octanol–water partition coefficient (Wildman–Crippen LogP) is 4.29. The van der Waals surface area contributed by atoms with Gasteiger partial charge < -0.3 is 10.1 Å². The van der Waals surface area contributed by atoms with Crippen molar-refractivity contribution >= 4 is 27.3 Å². The molecule has 164 valence electrons. The Kier molecular flexibility index (Phi) is 7.02. The Balaban J connectivity index is 2.32. The molecule has 0 aromatic heterocycles. The van der Waals surface area contributed by atoms with Crippen molar-refractivity contribution in [2.24, 2.45) is 0 Å². The number of sulfonamides is 1. The maximum absolute atomic E-state index is 13.0. The van der Waals surface area contributed by atoms with Gasteiger partial charge in [0.15, 0.2) is 0 Å². The second-order valence-electron chi connectivity index (χ2n) is 6.97. The number of halogens is 3. The molecule has 2 aromatic carbocycles. The Morgan fingerprint density at radius 1 is 1.07 bits per heavy atom. The number of hydrogen-bond acceptors (Lipinski definition) is 4. The highest BCUT2D eigenvalue weighted by molar-refractivity contribution is 7.92. The van der Waals surface area contributed by atoms with Crippen LogP contribution in [0.5, 0.6) is 5.75 Å². The second kappa shape index (κ2) is 8.95. The van der Waals surface area contributed by atoms with E-state index in [1.165, 1.54) is 13.0 Å². The molecule has 30 heavy (non-hydrogen) atoms. The quantitative estimate of drug-likeness (QED) is 0.692. The van der Waals surface area contributed by atoms with Crippen molar-refractivity contribution in [1.82, 2.24) is 0 Å². The molecule has 0 saturated carbocycles. The lowest BCUT2D eigenvalue weighted by Crippen LogP contribution is -2.45. The Morgan fingerprint density at radius 3 is 2.27 bits per heavy atom.